The largest absolute Gasteiger partial charge is 0.493 e. The van der Waals surface area contributed by atoms with Gasteiger partial charge in [0.1, 0.15) is 34.8 Å². The number of halogens is 7. The average molecular weight is 639 g/mol. The van der Waals surface area contributed by atoms with Crippen molar-refractivity contribution in [3.8, 4) is 17.5 Å². The van der Waals surface area contributed by atoms with Gasteiger partial charge in [0.25, 0.3) is 0 Å². The molecular formula is C24H17Cl2F5N4O5S. The number of carbonyl (C=O) groups is 2. The highest BCUT2D eigenvalue weighted by Crippen LogP contribution is 3.02. The zero-order chi connectivity index (χ0) is 30.0. The van der Waals surface area contributed by atoms with Gasteiger partial charge in [-0.1, -0.05) is 48.7 Å². The van der Waals surface area contributed by atoms with E-state index in [4.69, 9.17) is 32.7 Å². The fraction of sp³-hybridized carbons (Fsp3) is 0.250. The van der Waals surface area contributed by atoms with Crippen LogP contribution in [-0.4, -0.2) is 33.6 Å². The van der Waals surface area contributed by atoms with Crippen LogP contribution in [0.15, 0.2) is 35.2 Å². The molecule has 1 amide bonds. The van der Waals surface area contributed by atoms with E-state index in [1.807, 2.05) is 0 Å². The first kappa shape index (κ1) is 28.8. The number of rotatable bonds is 7. The molecule has 2 aliphatic rings. The van der Waals surface area contributed by atoms with Crippen molar-refractivity contribution in [1.82, 2.24) is 9.78 Å². The summed E-state index contributed by atoms with van der Waals surface area (Å²) in [5.41, 5.74) is -1.57. The number of aliphatic carboxylic acids is 1. The molecule has 2 aromatic carbocycles. The number of anilines is 1. The van der Waals surface area contributed by atoms with E-state index in [-0.39, 0.29) is 37.1 Å². The van der Waals surface area contributed by atoms with Gasteiger partial charge in [-0.25, -0.2) is 9.48 Å². The van der Waals surface area contributed by atoms with Gasteiger partial charge in [0.15, 0.2) is 5.69 Å². The Kier molecular flexibility index (Phi) is 6.23. The Morgan fingerprint density at radius 1 is 1.17 bits per heavy atom. The van der Waals surface area contributed by atoms with Gasteiger partial charge in [0.05, 0.1) is 27.6 Å². The average Bonchev–Trinajstić information content (AvgIpc) is 3.40. The zero-order valence-corrected chi connectivity index (χ0v) is 22.7. The molecular weight excluding hydrogens is 622 g/mol. The van der Waals surface area contributed by atoms with Crippen molar-refractivity contribution < 1.29 is 43.6 Å². The Morgan fingerprint density at radius 2 is 1.83 bits per heavy atom. The number of benzene rings is 2. The number of nitrogens with zero attached hydrogens (tertiary/aromatic N) is 3. The Hall–Kier alpha value is -3.74. The van der Waals surface area contributed by atoms with Gasteiger partial charge in [-0.05, 0) is 48.2 Å². The molecule has 17 heteroatoms. The molecule has 0 saturated heterocycles. The van der Waals surface area contributed by atoms with Gasteiger partial charge < -0.3 is 14.6 Å². The molecule has 1 fully saturated rings. The summed E-state index contributed by atoms with van der Waals surface area (Å²) in [6, 6.07) is 6.68. The fourth-order valence-corrected chi connectivity index (χ4v) is 5.96. The fourth-order valence-electron chi connectivity index (χ4n) is 4.50. The topological polar surface area (TPSA) is 126 Å². The first-order chi connectivity index (χ1) is 18.9. The summed E-state index contributed by atoms with van der Waals surface area (Å²) < 4.78 is 78.5. The van der Waals surface area contributed by atoms with E-state index >= 15 is 0 Å². The second kappa shape index (κ2) is 8.88. The molecule has 2 N–H and O–H groups in total. The molecule has 0 unspecified atom stereocenters. The highest BCUT2D eigenvalue weighted by Gasteiger charge is 2.66. The number of fused-ring (bicyclic) bond motifs is 1. The van der Waals surface area contributed by atoms with E-state index in [0.29, 0.717) is 29.0 Å². The maximum atomic E-state index is 13.4. The Morgan fingerprint density at radius 3 is 2.39 bits per heavy atom. The summed E-state index contributed by atoms with van der Waals surface area (Å²) in [4.78, 5) is 22.6. The molecule has 0 spiro atoms. The molecule has 0 radical (unpaired) electrons. The number of amides is 1. The summed E-state index contributed by atoms with van der Waals surface area (Å²) in [6.07, 6.45) is -0.414. The van der Waals surface area contributed by atoms with E-state index in [0.717, 1.165) is 5.56 Å². The van der Waals surface area contributed by atoms with Crippen LogP contribution >= 0.6 is 33.4 Å². The number of hydrogen-bond acceptors (Lipinski definition) is 6. The first-order valence-corrected chi connectivity index (χ1v) is 14.3. The third-order valence-corrected chi connectivity index (χ3v) is 8.32. The SMILES string of the molecule is N#Cc1nn(-c2c(Cl)cc(S(F)(F)(F)(F)F)cc2Cl)c(NC(=O)OCc2ccc3c(c2)CCO3)c1C1(C(=O)O)CC1. The molecule has 1 saturated carbocycles. The number of aromatic nitrogens is 2. The van der Waals surface area contributed by atoms with Crippen LogP contribution in [0, 0.1) is 11.3 Å². The number of carbonyl (C=O) groups excluding carboxylic acids is 1. The predicted octanol–water partition coefficient (Wildman–Crippen LogP) is 7.51. The van der Waals surface area contributed by atoms with Crippen molar-refractivity contribution in [1.29, 1.82) is 5.26 Å². The Labute approximate surface area is 238 Å². The van der Waals surface area contributed by atoms with E-state index in [1.54, 1.807) is 24.3 Å². The van der Waals surface area contributed by atoms with Crippen LogP contribution in [-0.2, 0) is 28.0 Å². The minimum Gasteiger partial charge on any atom is -0.493 e. The highest BCUT2D eigenvalue weighted by atomic mass is 35.5. The van der Waals surface area contributed by atoms with Gasteiger partial charge >= 0.3 is 22.3 Å². The number of carboxylic acid groups (broad SMARTS) is 1. The number of hydrogen-bond donors (Lipinski definition) is 2. The summed E-state index contributed by atoms with van der Waals surface area (Å²) in [6.45, 7) is 0.269. The number of nitriles is 1. The van der Waals surface area contributed by atoms with Gasteiger partial charge in [-0.2, -0.15) is 10.4 Å². The van der Waals surface area contributed by atoms with Crippen molar-refractivity contribution in [2.24, 2.45) is 0 Å². The van der Waals surface area contributed by atoms with Crippen LogP contribution in [0.1, 0.15) is 35.2 Å². The van der Waals surface area contributed by atoms with Crippen molar-refractivity contribution in [2.75, 3.05) is 11.9 Å². The molecule has 1 aliphatic heterocycles. The third-order valence-electron chi connectivity index (χ3n) is 6.62. The minimum atomic E-state index is -10.2. The van der Waals surface area contributed by atoms with Gasteiger partial charge in [0, 0.05) is 6.42 Å². The summed E-state index contributed by atoms with van der Waals surface area (Å²) in [5, 5.41) is 23.9. The number of nitrogens with one attached hydrogen (secondary N) is 1. The molecule has 9 nitrogen and oxygen atoms in total. The van der Waals surface area contributed by atoms with Crippen molar-refractivity contribution in [2.45, 2.75) is 36.2 Å². The molecule has 0 atom stereocenters. The van der Waals surface area contributed by atoms with E-state index in [9.17, 15) is 39.4 Å². The normalized spacial score (nSPS) is 16.9. The standard InChI is InChI=1S/C24H17Cl2F5N4O5S/c25-15-8-14(41(27,28,29,30)31)9-16(26)20(15)35-21(19(17(10-32)34-35)24(4-5-24)22(36)37)33-23(38)40-11-12-1-2-18-13(7-12)3-6-39-18/h1-2,7-9H,3-6,11H2,(H,33,38)(H,36,37). The van der Waals surface area contributed by atoms with Crippen LogP contribution in [0.25, 0.3) is 5.69 Å². The Balaban J connectivity index is 1.56. The molecule has 1 aliphatic carbocycles. The summed E-state index contributed by atoms with van der Waals surface area (Å²) in [5.74, 6) is -1.15. The van der Waals surface area contributed by atoms with Gasteiger partial charge in [-0.3, -0.25) is 10.1 Å². The molecule has 218 valence electrons. The molecule has 41 heavy (non-hydrogen) atoms. The highest BCUT2D eigenvalue weighted by molar-refractivity contribution is 8.45. The van der Waals surface area contributed by atoms with Crippen molar-refractivity contribution in [3.05, 3.63) is 62.8 Å². The van der Waals surface area contributed by atoms with Crippen LogP contribution < -0.4 is 10.1 Å². The molecule has 3 aromatic rings. The van der Waals surface area contributed by atoms with Crippen LogP contribution in [0.5, 0.6) is 5.75 Å². The smallest absolute Gasteiger partial charge is 0.413 e. The molecule has 0 bridgehead atoms. The van der Waals surface area contributed by atoms with Gasteiger partial charge in [0.2, 0.25) is 0 Å². The van der Waals surface area contributed by atoms with Crippen molar-refractivity contribution in [3.63, 3.8) is 0 Å². The molecule has 1 aromatic heterocycles. The van der Waals surface area contributed by atoms with E-state index in [2.05, 4.69) is 10.4 Å². The minimum absolute atomic E-state index is 0.0360. The second-order valence-corrected chi connectivity index (χ2v) is 12.7. The lowest BCUT2D eigenvalue weighted by atomic mass is 9.95. The second-order valence-electron chi connectivity index (χ2n) is 9.43. The molecule has 5 rings (SSSR count). The quantitative estimate of drug-likeness (QED) is 0.256. The summed E-state index contributed by atoms with van der Waals surface area (Å²) in [7, 11) is -10.2. The van der Waals surface area contributed by atoms with E-state index in [1.165, 1.54) is 0 Å². The maximum Gasteiger partial charge on any atom is 0.413 e. The monoisotopic (exact) mass is 638 g/mol. The van der Waals surface area contributed by atoms with E-state index < -0.39 is 59.8 Å². The predicted molar refractivity (Wildman–Crippen MR) is 138 cm³/mol. The summed E-state index contributed by atoms with van der Waals surface area (Å²) >= 11 is 12.0. The van der Waals surface area contributed by atoms with Crippen LogP contribution in [0.2, 0.25) is 10.0 Å². The third kappa shape index (κ3) is 5.34. The lowest BCUT2D eigenvalue weighted by molar-refractivity contribution is -0.140. The first-order valence-electron chi connectivity index (χ1n) is 11.6. The Bertz CT molecular complexity index is 1660. The maximum absolute atomic E-state index is 13.4. The lowest BCUT2D eigenvalue weighted by Crippen LogP contribution is -2.24. The van der Waals surface area contributed by atoms with Gasteiger partial charge in [-0.15, -0.1) is 0 Å². The van der Waals surface area contributed by atoms with Crippen LogP contribution in [0.4, 0.5) is 30.0 Å². The van der Waals surface area contributed by atoms with Crippen molar-refractivity contribution >= 4 is 51.3 Å². The zero-order valence-electron chi connectivity index (χ0n) is 20.4. The number of ether oxygens (including phenoxy) is 2. The van der Waals surface area contributed by atoms with Crippen LogP contribution in [0.3, 0.4) is 0 Å². The lowest BCUT2D eigenvalue weighted by Gasteiger charge is -2.40. The number of carboxylic acids is 1. The molecule has 2 heterocycles.